The van der Waals surface area contributed by atoms with E-state index in [-0.39, 0.29) is 12.5 Å². The van der Waals surface area contributed by atoms with E-state index >= 15 is 0 Å². The van der Waals surface area contributed by atoms with Crippen LogP contribution in [-0.4, -0.2) is 34.8 Å². The summed E-state index contributed by atoms with van der Waals surface area (Å²) >= 11 is 0. The van der Waals surface area contributed by atoms with Crippen molar-refractivity contribution in [2.24, 2.45) is 5.73 Å². The number of methoxy groups -OCH3 is 1. The fourth-order valence-electron chi connectivity index (χ4n) is 1.89. The lowest BCUT2D eigenvalue weighted by Gasteiger charge is -2.10. The number of benzene rings is 1. The number of esters is 1. The lowest BCUT2D eigenvalue weighted by atomic mass is 10.1. The third kappa shape index (κ3) is 4.42. The van der Waals surface area contributed by atoms with E-state index < -0.39 is 12.0 Å². The first kappa shape index (κ1) is 15.7. The standard InChI is InChI=1S/C15H18N4O3/c1-22-14(20)10-19-8-7-13(18-19)17-15(21)12(16)9-11-5-3-2-4-6-11/h2-8,12H,9-10,16H2,1H3,(H,17,18,21)/t12-/m0/s1. The van der Waals surface area contributed by atoms with E-state index in [9.17, 15) is 9.59 Å². The van der Waals surface area contributed by atoms with Gasteiger partial charge in [-0.1, -0.05) is 30.3 Å². The first-order valence-corrected chi connectivity index (χ1v) is 6.79. The van der Waals surface area contributed by atoms with Gasteiger partial charge in [0.1, 0.15) is 6.54 Å². The Morgan fingerprint density at radius 3 is 2.73 bits per heavy atom. The Morgan fingerprint density at radius 2 is 2.05 bits per heavy atom. The summed E-state index contributed by atoms with van der Waals surface area (Å²) in [5.74, 6) is -0.397. The first-order chi connectivity index (χ1) is 10.6. The van der Waals surface area contributed by atoms with Crippen molar-refractivity contribution >= 4 is 17.7 Å². The normalized spacial score (nSPS) is 11.7. The van der Waals surface area contributed by atoms with Crippen LogP contribution in [0, 0.1) is 0 Å². The molecule has 7 heteroatoms. The van der Waals surface area contributed by atoms with E-state index in [1.807, 2.05) is 30.3 Å². The smallest absolute Gasteiger partial charge is 0.327 e. The van der Waals surface area contributed by atoms with Gasteiger partial charge in [0.15, 0.2) is 5.82 Å². The highest BCUT2D eigenvalue weighted by Gasteiger charge is 2.15. The number of carbonyl (C=O) groups is 2. The van der Waals surface area contributed by atoms with E-state index in [2.05, 4.69) is 15.2 Å². The Bertz CT molecular complexity index is 639. The molecule has 2 rings (SSSR count). The number of amides is 1. The summed E-state index contributed by atoms with van der Waals surface area (Å²) < 4.78 is 5.92. The Balaban J connectivity index is 1.90. The predicted molar refractivity (Wildman–Crippen MR) is 81.0 cm³/mol. The molecule has 22 heavy (non-hydrogen) atoms. The van der Waals surface area contributed by atoms with Crippen LogP contribution in [0.25, 0.3) is 0 Å². The SMILES string of the molecule is COC(=O)Cn1ccc(NC(=O)[C@@H](N)Cc2ccccc2)n1. The third-order valence-electron chi connectivity index (χ3n) is 3.05. The number of nitrogens with zero attached hydrogens (tertiary/aromatic N) is 2. The second-order valence-corrected chi connectivity index (χ2v) is 4.76. The van der Waals surface area contributed by atoms with Crippen LogP contribution >= 0.6 is 0 Å². The molecular formula is C15H18N4O3. The summed E-state index contributed by atoms with van der Waals surface area (Å²) in [6, 6.07) is 10.5. The minimum atomic E-state index is -0.673. The largest absolute Gasteiger partial charge is 0.468 e. The first-order valence-electron chi connectivity index (χ1n) is 6.79. The molecule has 0 aliphatic rings. The molecule has 0 radical (unpaired) electrons. The summed E-state index contributed by atoms with van der Waals surface area (Å²) in [7, 11) is 1.30. The van der Waals surface area contributed by atoms with Crippen LogP contribution in [0.2, 0.25) is 0 Å². The molecule has 7 nitrogen and oxygen atoms in total. The van der Waals surface area contributed by atoms with Crippen LogP contribution in [0.3, 0.4) is 0 Å². The molecule has 0 bridgehead atoms. The van der Waals surface area contributed by atoms with Crippen LogP contribution in [0.4, 0.5) is 5.82 Å². The summed E-state index contributed by atoms with van der Waals surface area (Å²) in [5, 5.41) is 6.68. The minimum absolute atomic E-state index is 0.0115. The number of hydrogen-bond acceptors (Lipinski definition) is 5. The Kier molecular flexibility index (Phi) is 5.26. The van der Waals surface area contributed by atoms with Crippen molar-refractivity contribution in [2.75, 3.05) is 12.4 Å². The highest BCUT2D eigenvalue weighted by Crippen LogP contribution is 2.06. The van der Waals surface area contributed by atoms with Gasteiger partial charge in [-0.25, -0.2) is 0 Å². The molecule has 1 aromatic heterocycles. The zero-order valence-corrected chi connectivity index (χ0v) is 12.2. The second kappa shape index (κ2) is 7.37. The lowest BCUT2D eigenvalue weighted by Crippen LogP contribution is -2.37. The van der Waals surface area contributed by atoms with Gasteiger partial charge in [-0.2, -0.15) is 5.10 Å². The Hall–Kier alpha value is -2.67. The highest BCUT2D eigenvalue weighted by atomic mass is 16.5. The maximum atomic E-state index is 12.0. The highest BCUT2D eigenvalue weighted by molar-refractivity contribution is 5.94. The third-order valence-corrected chi connectivity index (χ3v) is 3.05. The van der Waals surface area contributed by atoms with Gasteiger partial charge in [0.2, 0.25) is 5.91 Å². The van der Waals surface area contributed by atoms with Crippen molar-refractivity contribution in [3.63, 3.8) is 0 Å². The molecule has 0 aliphatic carbocycles. The van der Waals surface area contributed by atoms with Crippen molar-refractivity contribution in [3.05, 3.63) is 48.2 Å². The van der Waals surface area contributed by atoms with Crippen molar-refractivity contribution in [1.82, 2.24) is 9.78 Å². The predicted octanol–water partition coefficient (Wildman–Crippen LogP) is 0.565. The van der Waals surface area contributed by atoms with Gasteiger partial charge in [-0.15, -0.1) is 0 Å². The quantitative estimate of drug-likeness (QED) is 0.760. The van der Waals surface area contributed by atoms with Gasteiger partial charge in [0, 0.05) is 12.3 Å². The van der Waals surface area contributed by atoms with Crippen molar-refractivity contribution < 1.29 is 14.3 Å². The van der Waals surface area contributed by atoms with Crippen LogP contribution < -0.4 is 11.1 Å². The molecule has 1 atom stereocenters. The molecule has 1 heterocycles. The summed E-state index contributed by atoms with van der Waals surface area (Å²) in [6.45, 7) is -0.0115. The van der Waals surface area contributed by atoms with Crippen LogP contribution in [0.1, 0.15) is 5.56 Å². The van der Waals surface area contributed by atoms with Crippen molar-refractivity contribution in [1.29, 1.82) is 0 Å². The Labute approximate surface area is 128 Å². The van der Waals surface area contributed by atoms with Gasteiger partial charge < -0.3 is 15.8 Å². The molecule has 0 fully saturated rings. The molecule has 0 spiro atoms. The second-order valence-electron chi connectivity index (χ2n) is 4.76. The number of nitrogens with two attached hydrogens (primary N) is 1. The van der Waals surface area contributed by atoms with Crippen LogP contribution in [0.15, 0.2) is 42.6 Å². The number of aromatic nitrogens is 2. The van der Waals surface area contributed by atoms with Gasteiger partial charge in [0.05, 0.1) is 13.2 Å². The summed E-state index contributed by atoms with van der Waals surface area (Å²) in [6.07, 6.45) is 2.02. The Morgan fingerprint density at radius 1 is 1.32 bits per heavy atom. The molecule has 116 valence electrons. The topological polar surface area (TPSA) is 99.2 Å². The minimum Gasteiger partial charge on any atom is -0.468 e. The lowest BCUT2D eigenvalue weighted by molar-refractivity contribution is -0.141. The van der Waals surface area contributed by atoms with Gasteiger partial charge in [0.25, 0.3) is 0 Å². The molecule has 1 aromatic carbocycles. The molecule has 1 amide bonds. The molecule has 0 aliphatic heterocycles. The molecule has 0 saturated carbocycles. The van der Waals surface area contributed by atoms with E-state index in [0.29, 0.717) is 12.2 Å². The average molecular weight is 302 g/mol. The molecular weight excluding hydrogens is 284 g/mol. The molecule has 2 aromatic rings. The number of carbonyl (C=O) groups excluding carboxylic acids is 2. The monoisotopic (exact) mass is 302 g/mol. The molecule has 3 N–H and O–H groups in total. The number of nitrogens with one attached hydrogen (secondary N) is 1. The molecule has 0 saturated heterocycles. The number of rotatable bonds is 6. The van der Waals surface area contributed by atoms with E-state index in [0.717, 1.165) is 5.56 Å². The fraction of sp³-hybridized carbons (Fsp3) is 0.267. The zero-order chi connectivity index (χ0) is 15.9. The van der Waals surface area contributed by atoms with E-state index in [1.165, 1.54) is 11.8 Å². The molecule has 0 unspecified atom stereocenters. The average Bonchev–Trinajstić information content (AvgIpc) is 2.95. The van der Waals surface area contributed by atoms with Crippen LogP contribution in [0.5, 0.6) is 0 Å². The summed E-state index contributed by atoms with van der Waals surface area (Å²) in [4.78, 5) is 23.2. The fourth-order valence-corrected chi connectivity index (χ4v) is 1.89. The van der Waals surface area contributed by atoms with E-state index in [1.54, 1.807) is 12.3 Å². The van der Waals surface area contributed by atoms with E-state index in [4.69, 9.17) is 5.73 Å². The summed E-state index contributed by atoms with van der Waals surface area (Å²) in [5.41, 5.74) is 6.87. The maximum absolute atomic E-state index is 12.0. The van der Waals surface area contributed by atoms with Gasteiger partial charge >= 0.3 is 5.97 Å². The van der Waals surface area contributed by atoms with Crippen molar-refractivity contribution in [2.45, 2.75) is 19.0 Å². The van der Waals surface area contributed by atoms with Gasteiger partial charge in [-0.3, -0.25) is 14.3 Å². The van der Waals surface area contributed by atoms with Crippen LogP contribution in [-0.2, 0) is 27.3 Å². The van der Waals surface area contributed by atoms with Gasteiger partial charge in [-0.05, 0) is 12.0 Å². The number of anilines is 1. The number of ether oxygens (including phenoxy) is 1. The maximum Gasteiger partial charge on any atom is 0.327 e. The zero-order valence-electron chi connectivity index (χ0n) is 12.2. The van der Waals surface area contributed by atoms with Crippen molar-refractivity contribution in [3.8, 4) is 0 Å². The number of hydrogen-bond donors (Lipinski definition) is 2.